The summed E-state index contributed by atoms with van der Waals surface area (Å²) in [5.74, 6) is 0. The summed E-state index contributed by atoms with van der Waals surface area (Å²) >= 11 is 0. The van der Waals surface area contributed by atoms with Crippen LogP contribution in [0, 0.1) is 6.92 Å². The van der Waals surface area contributed by atoms with Gasteiger partial charge in [-0.05, 0) is 44.7 Å². The molecule has 0 spiro atoms. The second-order valence-corrected chi connectivity index (χ2v) is 9.86. The van der Waals surface area contributed by atoms with Crippen LogP contribution in [0.15, 0.2) is 29.2 Å². The molecule has 0 saturated carbocycles. The minimum absolute atomic E-state index is 0.178. The number of hydrogen-bond acceptors (Lipinski definition) is 3. The highest BCUT2D eigenvalue weighted by molar-refractivity contribution is 7.85. The average molecular weight is 414 g/mol. The maximum Gasteiger partial charge on any atom is 0.124 e. The Kier molecular flexibility index (Phi) is 14.5. The summed E-state index contributed by atoms with van der Waals surface area (Å²) in [7, 11) is 0.532. The average Bonchev–Trinajstić information content (AvgIpc) is 2.62. The number of unbranched alkanes of at least 4 members (excludes halogenated alkanes) is 8. The van der Waals surface area contributed by atoms with Gasteiger partial charge in [-0.15, -0.1) is 0 Å². The predicted octanol–water partition coefficient (Wildman–Crippen LogP) is 5.90. The van der Waals surface area contributed by atoms with Crippen molar-refractivity contribution in [3.05, 3.63) is 29.8 Å². The van der Waals surface area contributed by atoms with Crippen molar-refractivity contribution in [3.8, 4) is 0 Å². The van der Waals surface area contributed by atoms with E-state index in [0.29, 0.717) is 0 Å². The number of hydrogen-bond donors (Lipinski definition) is 0. The van der Waals surface area contributed by atoms with Crippen molar-refractivity contribution in [2.24, 2.45) is 0 Å². The van der Waals surface area contributed by atoms with Crippen molar-refractivity contribution in [1.29, 1.82) is 0 Å². The van der Waals surface area contributed by atoms with Crippen molar-refractivity contribution < 1.29 is 17.5 Å². The van der Waals surface area contributed by atoms with E-state index in [2.05, 4.69) is 27.9 Å². The van der Waals surface area contributed by atoms with E-state index in [4.69, 9.17) is 0 Å². The topological polar surface area (TPSA) is 57.2 Å². The Morgan fingerprint density at radius 3 is 1.57 bits per heavy atom. The minimum Gasteiger partial charge on any atom is -0.744 e. The zero-order chi connectivity index (χ0) is 21.5. The third kappa shape index (κ3) is 15.1. The molecule has 0 atom stereocenters. The summed E-state index contributed by atoms with van der Waals surface area (Å²) < 4.78 is 32.4. The largest absolute Gasteiger partial charge is 0.744 e. The van der Waals surface area contributed by atoms with Gasteiger partial charge in [-0.25, -0.2) is 8.42 Å². The van der Waals surface area contributed by atoms with Gasteiger partial charge in [0.15, 0.2) is 0 Å². The van der Waals surface area contributed by atoms with Crippen LogP contribution in [-0.4, -0.2) is 44.6 Å². The lowest BCUT2D eigenvalue weighted by atomic mass is 10.1. The molecule has 0 aliphatic heterocycles. The number of nitrogens with zero attached hydrogens (tertiary/aromatic N) is 1. The number of aryl methyl sites for hydroxylation is 1. The molecule has 1 aromatic rings. The summed E-state index contributed by atoms with van der Waals surface area (Å²) in [5, 5.41) is 0. The van der Waals surface area contributed by atoms with E-state index in [9.17, 15) is 13.0 Å². The Labute approximate surface area is 174 Å². The fraction of sp³-hybridized carbons (Fsp3) is 0.739. The van der Waals surface area contributed by atoms with Gasteiger partial charge < -0.3 is 9.04 Å². The molecule has 1 aromatic carbocycles. The third-order valence-corrected chi connectivity index (χ3v) is 5.89. The monoisotopic (exact) mass is 413 g/mol. The van der Waals surface area contributed by atoms with Gasteiger partial charge >= 0.3 is 0 Å². The zero-order valence-electron chi connectivity index (χ0n) is 18.9. The first-order valence-corrected chi connectivity index (χ1v) is 12.4. The first-order chi connectivity index (χ1) is 13.1. The van der Waals surface area contributed by atoms with Gasteiger partial charge in [0, 0.05) is 0 Å². The summed E-state index contributed by atoms with van der Waals surface area (Å²) in [6.07, 6.45) is 14.1. The normalized spacial score (nSPS) is 11.8. The third-order valence-electron chi connectivity index (χ3n) is 5.04. The smallest absolute Gasteiger partial charge is 0.124 e. The Bertz CT molecular complexity index is 595. The van der Waals surface area contributed by atoms with E-state index in [-0.39, 0.29) is 4.90 Å². The second kappa shape index (κ2) is 15.0. The van der Waals surface area contributed by atoms with Gasteiger partial charge in [-0.3, -0.25) is 0 Å². The maximum atomic E-state index is 10.4. The van der Waals surface area contributed by atoms with Crippen LogP contribution in [0.2, 0.25) is 0 Å². The van der Waals surface area contributed by atoms with Gasteiger partial charge in [0.2, 0.25) is 0 Å². The molecule has 0 heterocycles. The summed E-state index contributed by atoms with van der Waals surface area (Å²) in [4.78, 5) is -0.178. The first-order valence-electron chi connectivity index (χ1n) is 11.0. The van der Waals surface area contributed by atoms with Gasteiger partial charge in [0.05, 0.1) is 32.1 Å². The molecule has 0 saturated heterocycles. The highest BCUT2D eigenvalue weighted by Gasteiger charge is 2.13. The van der Waals surface area contributed by atoms with Crippen LogP contribution in [0.4, 0.5) is 0 Å². The lowest BCUT2D eigenvalue weighted by molar-refractivity contribution is -0.890. The lowest BCUT2D eigenvalue weighted by Crippen LogP contribution is -2.41. The van der Waals surface area contributed by atoms with Crippen LogP contribution in [0.3, 0.4) is 0 Å². The molecule has 1 rings (SSSR count). The van der Waals surface area contributed by atoms with Gasteiger partial charge in [0.1, 0.15) is 10.1 Å². The Morgan fingerprint density at radius 1 is 0.750 bits per heavy atom. The molecule has 0 N–H and O–H groups in total. The molecule has 5 heteroatoms. The molecule has 164 valence electrons. The summed E-state index contributed by atoms with van der Waals surface area (Å²) in [5.41, 5.74) is 0.928. The molecule has 0 aromatic heterocycles. The van der Waals surface area contributed by atoms with Crippen LogP contribution >= 0.6 is 0 Å². The molecule has 0 radical (unpaired) electrons. The zero-order valence-corrected chi connectivity index (χ0v) is 19.7. The molecular weight excluding hydrogens is 370 g/mol. The van der Waals surface area contributed by atoms with Gasteiger partial charge in [0.25, 0.3) is 0 Å². The van der Waals surface area contributed by atoms with E-state index in [1.807, 2.05) is 6.92 Å². The number of quaternary nitrogens is 1. The molecule has 0 aliphatic carbocycles. The lowest BCUT2D eigenvalue weighted by Gasteiger charge is -2.30. The van der Waals surface area contributed by atoms with Crippen molar-refractivity contribution in [3.63, 3.8) is 0 Å². The van der Waals surface area contributed by atoms with Crippen molar-refractivity contribution in [2.45, 2.75) is 89.9 Å². The van der Waals surface area contributed by atoms with Crippen molar-refractivity contribution in [2.75, 3.05) is 27.2 Å². The van der Waals surface area contributed by atoms with E-state index in [1.54, 1.807) is 12.1 Å². The molecule has 4 nitrogen and oxygen atoms in total. The number of rotatable bonds is 13. The van der Waals surface area contributed by atoms with E-state index < -0.39 is 10.1 Å². The van der Waals surface area contributed by atoms with Crippen molar-refractivity contribution >= 4 is 10.1 Å². The van der Waals surface area contributed by atoms with Gasteiger partial charge in [-0.1, -0.05) is 70.1 Å². The van der Waals surface area contributed by atoms with Crippen LogP contribution < -0.4 is 0 Å². The highest BCUT2D eigenvalue weighted by Crippen LogP contribution is 2.10. The van der Waals surface area contributed by atoms with Crippen molar-refractivity contribution in [1.82, 2.24) is 0 Å². The minimum atomic E-state index is -4.27. The SMILES string of the molecule is CCCCCCCC[N+](C)(C)CCCCCC.Cc1ccc(S(=O)(=O)[O-])cc1. The Balaban J connectivity index is 0.000000567. The van der Waals surface area contributed by atoms with Gasteiger partial charge in [-0.2, -0.15) is 0 Å². The van der Waals surface area contributed by atoms with Crippen LogP contribution in [0.1, 0.15) is 83.6 Å². The van der Waals surface area contributed by atoms with E-state index >= 15 is 0 Å². The van der Waals surface area contributed by atoms with E-state index in [1.165, 1.54) is 93.9 Å². The summed E-state index contributed by atoms with van der Waals surface area (Å²) in [6, 6.07) is 5.78. The van der Waals surface area contributed by atoms with E-state index in [0.717, 1.165) is 5.56 Å². The molecule has 28 heavy (non-hydrogen) atoms. The fourth-order valence-corrected chi connectivity index (χ4v) is 3.57. The van der Waals surface area contributed by atoms with Crippen LogP contribution in [-0.2, 0) is 10.1 Å². The molecular formula is C23H43NO3S. The molecule has 0 unspecified atom stereocenters. The molecule has 0 bridgehead atoms. The molecule has 0 aliphatic rings. The fourth-order valence-electron chi connectivity index (χ4n) is 3.10. The molecule has 0 fully saturated rings. The Morgan fingerprint density at radius 2 is 1.14 bits per heavy atom. The highest BCUT2D eigenvalue weighted by atomic mass is 32.2. The standard InChI is InChI=1S/C16H36N.C7H8O3S/c1-5-7-9-11-12-14-16-17(3,4)15-13-10-8-6-2;1-6-2-4-7(5-3-6)11(8,9)10/h5-16H2,1-4H3;2-5H,1H3,(H,8,9,10)/q+1;/p-1. The maximum absolute atomic E-state index is 10.4. The summed E-state index contributed by atoms with van der Waals surface area (Å²) in [6.45, 7) is 9.14. The Hall–Kier alpha value is -0.910. The second-order valence-electron chi connectivity index (χ2n) is 8.48. The van der Waals surface area contributed by atoms with Crippen LogP contribution in [0.5, 0.6) is 0 Å². The number of benzene rings is 1. The quantitative estimate of drug-likeness (QED) is 0.230. The van der Waals surface area contributed by atoms with Crippen LogP contribution in [0.25, 0.3) is 0 Å². The first kappa shape index (κ1) is 27.1. The molecule has 0 amide bonds. The predicted molar refractivity (Wildman–Crippen MR) is 119 cm³/mol.